The van der Waals surface area contributed by atoms with Crippen LogP contribution in [0.15, 0.2) is 11.1 Å². The number of nitriles is 1. The number of carbonyl (C=O) groups excluding carboxylic acids is 1. The summed E-state index contributed by atoms with van der Waals surface area (Å²) in [5.41, 5.74) is 3.55. The van der Waals surface area contributed by atoms with Gasteiger partial charge in [0.15, 0.2) is 0 Å². The lowest BCUT2D eigenvalue weighted by atomic mass is 10.0. The first kappa shape index (κ1) is 19.1. The predicted molar refractivity (Wildman–Crippen MR) is 95.1 cm³/mol. The van der Waals surface area contributed by atoms with E-state index in [9.17, 15) is 10.0 Å². The standard InChI is InChI=1S/C16H26N5O2S/c1-13(2)9-16(22)19-6-3-14(4-7-19)21(23)18-5-8-20-12-24-11-15(20)10-17/h11,13-14,18H,3-9,12H2,1-2H3/q-1. The van der Waals surface area contributed by atoms with Gasteiger partial charge in [-0.25, -0.2) is 0 Å². The number of hydrogen-bond acceptors (Lipinski definition) is 7. The van der Waals surface area contributed by atoms with Crippen molar-refractivity contribution >= 4 is 17.7 Å². The van der Waals surface area contributed by atoms with Gasteiger partial charge in [0.1, 0.15) is 11.8 Å². The highest BCUT2D eigenvalue weighted by Crippen LogP contribution is 2.21. The van der Waals surface area contributed by atoms with Crippen molar-refractivity contribution in [1.29, 1.82) is 5.26 Å². The molecule has 0 aliphatic carbocycles. The van der Waals surface area contributed by atoms with Crippen molar-refractivity contribution in [2.24, 2.45) is 5.92 Å². The summed E-state index contributed by atoms with van der Waals surface area (Å²) in [5, 5.41) is 23.9. The van der Waals surface area contributed by atoms with Crippen LogP contribution in [0.25, 0.3) is 0 Å². The Morgan fingerprint density at radius 2 is 2.25 bits per heavy atom. The Kier molecular flexibility index (Phi) is 7.37. The van der Waals surface area contributed by atoms with Crippen LogP contribution in [0.5, 0.6) is 0 Å². The molecular formula is C16H26N5O2S-. The minimum absolute atomic E-state index is 0.0907. The zero-order valence-electron chi connectivity index (χ0n) is 14.4. The molecule has 1 saturated heterocycles. The average molecular weight is 352 g/mol. The van der Waals surface area contributed by atoms with Gasteiger partial charge in [0, 0.05) is 44.0 Å². The van der Waals surface area contributed by atoms with E-state index < -0.39 is 0 Å². The number of amides is 1. The van der Waals surface area contributed by atoms with Crippen LogP contribution < -0.4 is 5.43 Å². The van der Waals surface area contributed by atoms with Crippen LogP contribution >= 0.6 is 11.8 Å². The van der Waals surface area contributed by atoms with Crippen LogP contribution in [0.2, 0.25) is 0 Å². The second-order valence-corrected chi connectivity index (χ2v) is 7.45. The highest BCUT2D eigenvalue weighted by atomic mass is 32.2. The molecule has 0 aromatic carbocycles. The lowest BCUT2D eigenvalue weighted by Gasteiger charge is -2.42. The number of rotatable bonds is 7. The van der Waals surface area contributed by atoms with Crippen LogP contribution in [-0.4, -0.2) is 59.0 Å². The fourth-order valence-electron chi connectivity index (χ4n) is 2.88. The maximum absolute atomic E-state index is 12.2. The third kappa shape index (κ3) is 5.38. The average Bonchev–Trinajstić information content (AvgIpc) is 3.01. The normalized spacial score (nSPS) is 19.1. The van der Waals surface area contributed by atoms with Gasteiger partial charge < -0.3 is 20.2 Å². The topological polar surface area (TPSA) is 85.7 Å². The molecule has 0 aromatic heterocycles. The molecule has 0 radical (unpaired) electrons. The molecule has 0 bridgehead atoms. The first-order valence-electron chi connectivity index (χ1n) is 8.45. The van der Waals surface area contributed by atoms with Gasteiger partial charge in [0.05, 0.1) is 5.88 Å². The minimum atomic E-state index is -0.0907. The Morgan fingerprint density at radius 3 is 2.88 bits per heavy atom. The van der Waals surface area contributed by atoms with Gasteiger partial charge in [-0.05, 0) is 18.8 Å². The van der Waals surface area contributed by atoms with Crippen molar-refractivity contribution in [2.75, 3.05) is 32.1 Å². The van der Waals surface area contributed by atoms with Gasteiger partial charge in [-0.2, -0.15) is 5.26 Å². The first-order valence-corrected chi connectivity index (χ1v) is 9.50. The second kappa shape index (κ2) is 9.28. The van der Waals surface area contributed by atoms with E-state index in [4.69, 9.17) is 5.26 Å². The maximum Gasteiger partial charge on any atom is 0.222 e. The molecule has 2 aliphatic rings. The van der Waals surface area contributed by atoms with Crippen LogP contribution in [0.1, 0.15) is 33.1 Å². The fourth-order valence-corrected chi connectivity index (χ4v) is 3.77. The summed E-state index contributed by atoms with van der Waals surface area (Å²) in [6.07, 6.45) is 1.97. The zero-order valence-corrected chi connectivity index (χ0v) is 15.2. The first-order chi connectivity index (χ1) is 11.5. The number of carbonyl (C=O) groups is 1. The number of likely N-dealkylation sites (tertiary alicyclic amines) is 1. The summed E-state index contributed by atoms with van der Waals surface area (Å²) in [5.74, 6) is 1.32. The molecule has 134 valence electrons. The molecule has 8 heteroatoms. The zero-order chi connectivity index (χ0) is 17.5. The Hall–Kier alpha value is -1.27. The second-order valence-electron chi connectivity index (χ2n) is 6.62. The number of thioether (sulfide) groups is 1. The van der Waals surface area contributed by atoms with E-state index in [1.165, 1.54) is 0 Å². The molecule has 7 nitrogen and oxygen atoms in total. The molecule has 1 N–H and O–H groups in total. The number of piperidine rings is 1. The van der Waals surface area contributed by atoms with Crippen molar-refractivity contribution in [1.82, 2.24) is 20.4 Å². The van der Waals surface area contributed by atoms with E-state index >= 15 is 0 Å². The van der Waals surface area contributed by atoms with E-state index in [-0.39, 0.29) is 11.9 Å². The van der Waals surface area contributed by atoms with E-state index in [0.717, 1.165) is 11.0 Å². The molecule has 2 rings (SSSR count). The lowest BCUT2D eigenvalue weighted by Crippen LogP contribution is -2.50. The SMILES string of the molecule is CC(C)CC(=O)N1CCC(N([O-])NCCN2CSC=C2C#N)CC1. The molecular weight excluding hydrogens is 326 g/mol. The molecule has 0 aromatic rings. The molecule has 24 heavy (non-hydrogen) atoms. The van der Waals surface area contributed by atoms with Gasteiger partial charge in [0.25, 0.3) is 0 Å². The lowest BCUT2D eigenvalue weighted by molar-refractivity contribution is -0.133. The minimum Gasteiger partial charge on any atom is -0.771 e. The Labute approximate surface area is 148 Å². The molecule has 0 unspecified atom stereocenters. The summed E-state index contributed by atoms with van der Waals surface area (Å²) in [4.78, 5) is 15.9. The quantitative estimate of drug-likeness (QED) is 0.698. The molecule has 2 heterocycles. The van der Waals surface area contributed by atoms with Crippen LogP contribution in [0, 0.1) is 22.5 Å². The van der Waals surface area contributed by atoms with E-state index in [2.05, 4.69) is 11.5 Å². The summed E-state index contributed by atoms with van der Waals surface area (Å²) >= 11 is 1.59. The molecule has 0 saturated carbocycles. The Bertz CT molecular complexity index is 497. The van der Waals surface area contributed by atoms with Crippen LogP contribution in [-0.2, 0) is 4.79 Å². The van der Waals surface area contributed by atoms with E-state index in [1.807, 2.05) is 29.1 Å². The summed E-state index contributed by atoms with van der Waals surface area (Å²) in [6, 6.07) is 2.06. The molecule has 1 amide bonds. The molecule has 1 fully saturated rings. The smallest absolute Gasteiger partial charge is 0.222 e. The van der Waals surface area contributed by atoms with Crippen LogP contribution in [0.3, 0.4) is 0 Å². The number of hydrogen-bond donors (Lipinski definition) is 1. The largest absolute Gasteiger partial charge is 0.771 e. The monoisotopic (exact) mass is 352 g/mol. The number of hydrazine groups is 1. The van der Waals surface area contributed by atoms with Gasteiger partial charge >= 0.3 is 0 Å². The van der Waals surface area contributed by atoms with Crippen LogP contribution in [0.4, 0.5) is 0 Å². The third-order valence-corrected chi connectivity index (χ3v) is 5.11. The maximum atomic E-state index is 12.2. The summed E-state index contributed by atoms with van der Waals surface area (Å²) in [6.45, 7) is 6.54. The summed E-state index contributed by atoms with van der Waals surface area (Å²) in [7, 11) is 0. The van der Waals surface area contributed by atoms with Crippen molar-refractivity contribution < 1.29 is 4.79 Å². The van der Waals surface area contributed by atoms with Gasteiger partial charge in [-0.1, -0.05) is 13.8 Å². The van der Waals surface area contributed by atoms with E-state index in [0.29, 0.717) is 57.1 Å². The number of hydroxylamine groups is 1. The van der Waals surface area contributed by atoms with Crippen molar-refractivity contribution in [3.8, 4) is 6.07 Å². The Balaban J connectivity index is 1.66. The third-order valence-electron chi connectivity index (χ3n) is 4.26. The predicted octanol–water partition coefficient (Wildman–Crippen LogP) is 1.70. The molecule has 2 aliphatic heterocycles. The highest BCUT2D eigenvalue weighted by Gasteiger charge is 2.24. The van der Waals surface area contributed by atoms with Gasteiger partial charge in [0.2, 0.25) is 5.91 Å². The van der Waals surface area contributed by atoms with E-state index in [1.54, 1.807) is 11.8 Å². The molecule has 0 atom stereocenters. The van der Waals surface area contributed by atoms with Crippen molar-refractivity contribution in [3.63, 3.8) is 0 Å². The fraction of sp³-hybridized carbons (Fsp3) is 0.750. The summed E-state index contributed by atoms with van der Waals surface area (Å²) < 4.78 is 0. The van der Waals surface area contributed by atoms with Gasteiger partial charge in [-0.3, -0.25) is 10.2 Å². The highest BCUT2D eigenvalue weighted by molar-refractivity contribution is 8.02. The van der Waals surface area contributed by atoms with Crippen molar-refractivity contribution in [3.05, 3.63) is 16.3 Å². The number of allylic oxidation sites excluding steroid dienone is 1. The van der Waals surface area contributed by atoms with Gasteiger partial charge in [-0.15, -0.1) is 11.8 Å². The number of nitrogens with zero attached hydrogens (tertiary/aromatic N) is 4. The van der Waals surface area contributed by atoms with Crippen molar-refractivity contribution in [2.45, 2.75) is 39.2 Å². The number of nitrogens with one attached hydrogen (secondary N) is 1. The Morgan fingerprint density at radius 1 is 1.54 bits per heavy atom. The molecule has 0 spiro atoms.